The van der Waals surface area contributed by atoms with Crippen molar-refractivity contribution in [3.63, 3.8) is 0 Å². The van der Waals surface area contributed by atoms with E-state index in [0.717, 1.165) is 50.1 Å². The highest BCUT2D eigenvalue weighted by molar-refractivity contribution is 5.99. The minimum absolute atomic E-state index is 0.128. The van der Waals surface area contributed by atoms with Crippen LogP contribution in [0, 0.1) is 0 Å². The van der Waals surface area contributed by atoms with E-state index in [1.54, 1.807) is 0 Å². The van der Waals surface area contributed by atoms with Gasteiger partial charge in [-0.05, 0) is 51.5 Å². The van der Waals surface area contributed by atoms with Gasteiger partial charge in [0, 0.05) is 25.3 Å². The summed E-state index contributed by atoms with van der Waals surface area (Å²) in [7, 11) is 4.08. The lowest BCUT2D eigenvalue weighted by molar-refractivity contribution is 0.0660. The highest BCUT2D eigenvalue weighted by Gasteiger charge is 2.25. The van der Waals surface area contributed by atoms with E-state index >= 15 is 0 Å². The van der Waals surface area contributed by atoms with Gasteiger partial charge < -0.3 is 15.1 Å². The van der Waals surface area contributed by atoms with Crippen LogP contribution in [0.5, 0.6) is 0 Å². The maximum atomic E-state index is 12.8. The van der Waals surface area contributed by atoms with Gasteiger partial charge in [0.2, 0.25) is 0 Å². The molecule has 0 bridgehead atoms. The Morgan fingerprint density at radius 2 is 2.00 bits per heavy atom. The van der Waals surface area contributed by atoms with Crippen LogP contribution in [0.25, 0.3) is 0 Å². The summed E-state index contributed by atoms with van der Waals surface area (Å²) in [4.78, 5) is 17.0. The highest BCUT2D eigenvalue weighted by atomic mass is 16.2. The highest BCUT2D eigenvalue weighted by Crippen LogP contribution is 2.21. The molecular weight excluding hydrogens is 262 g/mol. The number of nitrogens with zero attached hydrogens (tertiary/aromatic N) is 2. The topological polar surface area (TPSA) is 35.6 Å². The Labute approximate surface area is 128 Å². The largest absolute Gasteiger partial charge is 0.384 e. The number of amides is 1. The van der Waals surface area contributed by atoms with Gasteiger partial charge in [0.05, 0.1) is 5.56 Å². The molecule has 1 aromatic rings. The van der Waals surface area contributed by atoms with Crippen LogP contribution in [-0.2, 0) is 0 Å². The van der Waals surface area contributed by atoms with Gasteiger partial charge in [0.25, 0.3) is 5.91 Å². The lowest BCUT2D eigenvalue weighted by Crippen LogP contribution is -2.44. The molecule has 1 aliphatic rings. The van der Waals surface area contributed by atoms with Crippen LogP contribution in [0.4, 0.5) is 5.69 Å². The molecule has 116 valence electrons. The summed E-state index contributed by atoms with van der Waals surface area (Å²) < 4.78 is 0. The van der Waals surface area contributed by atoms with Crippen LogP contribution in [0.3, 0.4) is 0 Å². The van der Waals surface area contributed by atoms with Gasteiger partial charge in [-0.3, -0.25) is 4.79 Å². The summed E-state index contributed by atoms with van der Waals surface area (Å²) in [5.74, 6) is 0.128. The number of anilines is 1. The number of para-hydroxylation sites is 1. The molecule has 1 saturated heterocycles. The standard InChI is InChI=1S/C17H27N3O/c1-4-11-18-16-8-6-5-7-15(16)17(21)20(3)14-9-12-19(2)13-10-14/h5-8,14,18H,4,9-13H2,1-3H3. The van der Waals surface area contributed by atoms with E-state index in [0.29, 0.717) is 6.04 Å². The van der Waals surface area contributed by atoms with Crippen LogP contribution in [-0.4, -0.2) is 55.5 Å². The summed E-state index contributed by atoms with van der Waals surface area (Å²) >= 11 is 0. The van der Waals surface area contributed by atoms with Crippen molar-refractivity contribution in [1.29, 1.82) is 0 Å². The molecule has 1 fully saturated rings. The zero-order valence-electron chi connectivity index (χ0n) is 13.4. The number of carbonyl (C=O) groups is 1. The van der Waals surface area contributed by atoms with Gasteiger partial charge >= 0.3 is 0 Å². The minimum atomic E-state index is 0.128. The SMILES string of the molecule is CCCNc1ccccc1C(=O)N(C)C1CCN(C)CC1. The van der Waals surface area contributed by atoms with E-state index in [9.17, 15) is 4.79 Å². The molecule has 0 radical (unpaired) electrons. The second-order valence-corrected chi connectivity index (χ2v) is 5.92. The summed E-state index contributed by atoms with van der Waals surface area (Å²) in [5.41, 5.74) is 1.73. The number of rotatable bonds is 5. The van der Waals surface area contributed by atoms with Crippen molar-refractivity contribution < 1.29 is 4.79 Å². The number of carbonyl (C=O) groups excluding carboxylic acids is 1. The summed E-state index contributed by atoms with van der Waals surface area (Å²) in [6.07, 6.45) is 3.17. The van der Waals surface area contributed by atoms with Crippen molar-refractivity contribution >= 4 is 11.6 Å². The van der Waals surface area contributed by atoms with E-state index in [1.807, 2.05) is 36.2 Å². The predicted octanol–water partition coefficient (Wildman–Crippen LogP) is 2.67. The van der Waals surface area contributed by atoms with Crippen molar-refractivity contribution in [2.24, 2.45) is 0 Å². The number of benzene rings is 1. The van der Waals surface area contributed by atoms with Gasteiger partial charge in [-0.2, -0.15) is 0 Å². The molecule has 0 saturated carbocycles. The molecule has 4 nitrogen and oxygen atoms in total. The first-order valence-corrected chi connectivity index (χ1v) is 7.92. The van der Waals surface area contributed by atoms with Gasteiger partial charge in [-0.1, -0.05) is 19.1 Å². The quantitative estimate of drug-likeness (QED) is 0.905. The van der Waals surface area contributed by atoms with Crippen molar-refractivity contribution in [1.82, 2.24) is 9.80 Å². The van der Waals surface area contributed by atoms with Crippen LogP contribution in [0.1, 0.15) is 36.5 Å². The zero-order chi connectivity index (χ0) is 15.2. The third-order valence-electron chi connectivity index (χ3n) is 4.28. The average Bonchev–Trinajstić information content (AvgIpc) is 2.52. The zero-order valence-corrected chi connectivity index (χ0v) is 13.4. The Morgan fingerprint density at radius 1 is 1.33 bits per heavy atom. The molecular formula is C17H27N3O. The fraction of sp³-hybridized carbons (Fsp3) is 0.588. The molecule has 0 aliphatic carbocycles. The number of nitrogens with one attached hydrogen (secondary N) is 1. The third kappa shape index (κ3) is 3.97. The molecule has 0 unspecified atom stereocenters. The molecule has 1 N–H and O–H groups in total. The monoisotopic (exact) mass is 289 g/mol. The van der Waals surface area contributed by atoms with Crippen LogP contribution < -0.4 is 5.32 Å². The Kier molecular flexibility index (Phi) is 5.62. The number of hydrogen-bond donors (Lipinski definition) is 1. The normalized spacial score (nSPS) is 16.7. The molecule has 1 amide bonds. The second kappa shape index (κ2) is 7.46. The second-order valence-electron chi connectivity index (χ2n) is 5.92. The lowest BCUT2D eigenvalue weighted by atomic mass is 10.0. The number of likely N-dealkylation sites (tertiary alicyclic amines) is 1. The van der Waals surface area contributed by atoms with Crippen LogP contribution in [0.2, 0.25) is 0 Å². The summed E-state index contributed by atoms with van der Waals surface area (Å²) in [6, 6.07) is 8.18. The summed E-state index contributed by atoms with van der Waals surface area (Å²) in [5, 5.41) is 3.35. The smallest absolute Gasteiger partial charge is 0.255 e. The summed E-state index contributed by atoms with van der Waals surface area (Å²) in [6.45, 7) is 5.15. The first kappa shape index (κ1) is 15.8. The maximum absolute atomic E-state index is 12.8. The lowest BCUT2D eigenvalue weighted by Gasteiger charge is -2.35. The minimum Gasteiger partial charge on any atom is -0.384 e. The first-order valence-electron chi connectivity index (χ1n) is 7.92. The maximum Gasteiger partial charge on any atom is 0.255 e. The van der Waals surface area contributed by atoms with E-state index in [-0.39, 0.29) is 5.91 Å². The fourth-order valence-corrected chi connectivity index (χ4v) is 2.82. The van der Waals surface area contributed by atoms with E-state index in [2.05, 4.69) is 24.2 Å². The number of piperidine rings is 1. The predicted molar refractivity (Wildman–Crippen MR) is 87.8 cm³/mol. The van der Waals surface area contributed by atoms with Crippen molar-refractivity contribution in [3.8, 4) is 0 Å². The molecule has 0 aromatic heterocycles. The molecule has 21 heavy (non-hydrogen) atoms. The average molecular weight is 289 g/mol. The molecule has 1 heterocycles. The van der Waals surface area contributed by atoms with Crippen molar-refractivity contribution in [2.75, 3.05) is 39.0 Å². The molecule has 4 heteroatoms. The fourth-order valence-electron chi connectivity index (χ4n) is 2.82. The molecule has 0 atom stereocenters. The van der Waals surface area contributed by atoms with Crippen LogP contribution >= 0.6 is 0 Å². The molecule has 0 spiro atoms. The van der Waals surface area contributed by atoms with E-state index in [1.165, 1.54) is 0 Å². The van der Waals surface area contributed by atoms with E-state index < -0.39 is 0 Å². The Hall–Kier alpha value is -1.55. The molecule has 2 rings (SSSR count). The molecule has 1 aromatic carbocycles. The first-order chi connectivity index (χ1) is 10.1. The Bertz CT molecular complexity index is 467. The van der Waals surface area contributed by atoms with Gasteiger partial charge in [-0.25, -0.2) is 0 Å². The Morgan fingerprint density at radius 3 is 2.67 bits per heavy atom. The van der Waals surface area contributed by atoms with Crippen molar-refractivity contribution in [2.45, 2.75) is 32.2 Å². The molecule has 1 aliphatic heterocycles. The van der Waals surface area contributed by atoms with Gasteiger partial charge in [0.15, 0.2) is 0 Å². The Balaban J connectivity index is 2.08. The van der Waals surface area contributed by atoms with E-state index in [4.69, 9.17) is 0 Å². The van der Waals surface area contributed by atoms with Gasteiger partial charge in [0.1, 0.15) is 0 Å². The van der Waals surface area contributed by atoms with Crippen molar-refractivity contribution in [3.05, 3.63) is 29.8 Å². The third-order valence-corrected chi connectivity index (χ3v) is 4.28. The van der Waals surface area contributed by atoms with Gasteiger partial charge in [-0.15, -0.1) is 0 Å². The van der Waals surface area contributed by atoms with Crippen LogP contribution in [0.15, 0.2) is 24.3 Å². The number of hydrogen-bond acceptors (Lipinski definition) is 3.